The SMILES string of the molecule is O=C1CCC[C@@]2(CCCN(Cc3ccco3)C2)N1. The standard InChI is InChI=1S/C14H20N2O2/c17-13-5-1-6-14(15-13)7-3-8-16(11-14)10-12-4-2-9-18-12/h2,4,9H,1,3,5-8,10-11H2,(H,15,17)/t14-/m0/s1. The minimum Gasteiger partial charge on any atom is -0.468 e. The Labute approximate surface area is 107 Å². The maximum absolute atomic E-state index is 11.6. The molecule has 98 valence electrons. The first-order valence-corrected chi connectivity index (χ1v) is 6.82. The highest BCUT2D eigenvalue weighted by Crippen LogP contribution is 2.30. The van der Waals surface area contributed by atoms with Crippen LogP contribution in [0.2, 0.25) is 0 Å². The summed E-state index contributed by atoms with van der Waals surface area (Å²) in [6.07, 6.45) is 6.83. The van der Waals surface area contributed by atoms with Gasteiger partial charge < -0.3 is 9.73 Å². The van der Waals surface area contributed by atoms with Crippen molar-refractivity contribution in [2.24, 2.45) is 0 Å². The number of carbonyl (C=O) groups excluding carboxylic acids is 1. The van der Waals surface area contributed by atoms with Crippen molar-refractivity contribution >= 4 is 5.91 Å². The van der Waals surface area contributed by atoms with E-state index in [4.69, 9.17) is 4.42 Å². The van der Waals surface area contributed by atoms with E-state index in [1.54, 1.807) is 6.26 Å². The highest BCUT2D eigenvalue weighted by molar-refractivity contribution is 5.77. The molecular weight excluding hydrogens is 228 g/mol. The molecule has 1 aromatic heterocycles. The van der Waals surface area contributed by atoms with Gasteiger partial charge in [0.1, 0.15) is 5.76 Å². The summed E-state index contributed by atoms with van der Waals surface area (Å²) in [6.45, 7) is 2.91. The second-order valence-electron chi connectivity index (χ2n) is 5.58. The number of furan rings is 1. The van der Waals surface area contributed by atoms with E-state index in [2.05, 4.69) is 10.2 Å². The second kappa shape index (κ2) is 4.76. The van der Waals surface area contributed by atoms with Crippen LogP contribution in [0.25, 0.3) is 0 Å². The average molecular weight is 248 g/mol. The number of hydrogen-bond donors (Lipinski definition) is 1. The van der Waals surface area contributed by atoms with Crippen LogP contribution in [0.15, 0.2) is 22.8 Å². The van der Waals surface area contributed by atoms with Gasteiger partial charge in [-0.2, -0.15) is 0 Å². The van der Waals surface area contributed by atoms with Crippen LogP contribution in [0.3, 0.4) is 0 Å². The molecule has 2 aliphatic rings. The van der Waals surface area contributed by atoms with E-state index in [9.17, 15) is 4.79 Å². The number of carbonyl (C=O) groups is 1. The van der Waals surface area contributed by atoms with Crippen molar-refractivity contribution in [3.63, 3.8) is 0 Å². The quantitative estimate of drug-likeness (QED) is 0.869. The predicted molar refractivity (Wildman–Crippen MR) is 67.9 cm³/mol. The minimum atomic E-state index is 0.0280. The topological polar surface area (TPSA) is 45.5 Å². The van der Waals surface area contributed by atoms with Gasteiger partial charge in [0.2, 0.25) is 5.91 Å². The van der Waals surface area contributed by atoms with Crippen LogP contribution in [-0.2, 0) is 11.3 Å². The van der Waals surface area contributed by atoms with Gasteiger partial charge in [-0.15, -0.1) is 0 Å². The molecule has 1 aromatic rings. The highest BCUT2D eigenvalue weighted by atomic mass is 16.3. The van der Waals surface area contributed by atoms with Crippen molar-refractivity contribution in [2.45, 2.75) is 44.2 Å². The lowest BCUT2D eigenvalue weighted by atomic mass is 9.81. The number of piperidine rings is 2. The van der Waals surface area contributed by atoms with E-state index >= 15 is 0 Å². The third kappa shape index (κ3) is 2.43. The van der Waals surface area contributed by atoms with Gasteiger partial charge in [0.05, 0.1) is 18.3 Å². The van der Waals surface area contributed by atoms with Crippen LogP contribution in [0.1, 0.15) is 37.9 Å². The summed E-state index contributed by atoms with van der Waals surface area (Å²) in [5.74, 6) is 1.23. The summed E-state index contributed by atoms with van der Waals surface area (Å²) < 4.78 is 5.40. The molecule has 0 saturated carbocycles. The van der Waals surface area contributed by atoms with Crippen molar-refractivity contribution < 1.29 is 9.21 Å². The zero-order valence-corrected chi connectivity index (χ0v) is 10.7. The van der Waals surface area contributed by atoms with E-state index in [1.165, 1.54) is 0 Å². The lowest BCUT2D eigenvalue weighted by molar-refractivity contribution is -0.126. The Kier molecular flexibility index (Phi) is 3.12. The molecule has 2 aliphatic heterocycles. The molecule has 1 atom stereocenters. The predicted octanol–water partition coefficient (Wildman–Crippen LogP) is 1.91. The molecule has 1 spiro atoms. The fourth-order valence-electron chi connectivity index (χ4n) is 3.30. The first kappa shape index (κ1) is 11.8. The molecule has 4 nitrogen and oxygen atoms in total. The van der Waals surface area contributed by atoms with E-state index in [1.807, 2.05) is 12.1 Å². The van der Waals surface area contributed by atoms with Gasteiger partial charge in [-0.05, 0) is 44.4 Å². The van der Waals surface area contributed by atoms with Crippen molar-refractivity contribution in [1.82, 2.24) is 10.2 Å². The van der Waals surface area contributed by atoms with Gasteiger partial charge in [-0.1, -0.05) is 0 Å². The van der Waals surface area contributed by atoms with Crippen LogP contribution in [0.5, 0.6) is 0 Å². The van der Waals surface area contributed by atoms with E-state index in [-0.39, 0.29) is 11.4 Å². The molecule has 0 unspecified atom stereocenters. The Bertz CT molecular complexity index is 411. The second-order valence-corrected chi connectivity index (χ2v) is 5.58. The first-order valence-electron chi connectivity index (χ1n) is 6.82. The molecule has 4 heteroatoms. The maximum Gasteiger partial charge on any atom is 0.220 e. The fraction of sp³-hybridized carbons (Fsp3) is 0.643. The Balaban J connectivity index is 1.66. The molecule has 18 heavy (non-hydrogen) atoms. The number of amides is 1. The third-order valence-corrected chi connectivity index (χ3v) is 4.08. The molecule has 0 aromatic carbocycles. The normalized spacial score (nSPS) is 29.4. The van der Waals surface area contributed by atoms with Crippen LogP contribution < -0.4 is 5.32 Å². The number of nitrogens with one attached hydrogen (secondary N) is 1. The molecule has 0 bridgehead atoms. The van der Waals surface area contributed by atoms with Crippen LogP contribution in [-0.4, -0.2) is 29.4 Å². The Hall–Kier alpha value is -1.29. The van der Waals surface area contributed by atoms with Crippen molar-refractivity contribution in [3.05, 3.63) is 24.2 Å². The fourth-order valence-corrected chi connectivity index (χ4v) is 3.30. The van der Waals surface area contributed by atoms with Crippen LogP contribution in [0.4, 0.5) is 0 Å². The van der Waals surface area contributed by atoms with Gasteiger partial charge in [-0.25, -0.2) is 0 Å². The zero-order chi connectivity index (χ0) is 12.4. The summed E-state index contributed by atoms with van der Waals surface area (Å²) in [6, 6.07) is 3.94. The molecule has 0 radical (unpaired) electrons. The largest absolute Gasteiger partial charge is 0.468 e. The number of likely N-dealkylation sites (tertiary alicyclic amines) is 1. The van der Waals surface area contributed by atoms with Gasteiger partial charge in [0.25, 0.3) is 0 Å². The summed E-state index contributed by atoms with van der Waals surface area (Å²) in [7, 11) is 0. The molecule has 1 amide bonds. The van der Waals surface area contributed by atoms with Crippen LogP contribution in [0, 0.1) is 0 Å². The summed E-state index contributed by atoms with van der Waals surface area (Å²) in [5.41, 5.74) is 0.0280. The Morgan fingerprint density at radius 2 is 2.28 bits per heavy atom. The number of hydrogen-bond acceptors (Lipinski definition) is 3. The third-order valence-electron chi connectivity index (χ3n) is 4.08. The lowest BCUT2D eigenvalue weighted by Crippen LogP contribution is -2.60. The maximum atomic E-state index is 11.6. The molecule has 3 rings (SSSR count). The molecule has 2 fully saturated rings. The zero-order valence-electron chi connectivity index (χ0n) is 10.7. The highest BCUT2D eigenvalue weighted by Gasteiger charge is 2.38. The number of rotatable bonds is 2. The van der Waals surface area contributed by atoms with Gasteiger partial charge in [-0.3, -0.25) is 9.69 Å². The average Bonchev–Trinajstić information content (AvgIpc) is 2.81. The first-order chi connectivity index (χ1) is 8.76. The van der Waals surface area contributed by atoms with Gasteiger partial charge in [0.15, 0.2) is 0 Å². The Morgan fingerprint density at radius 3 is 3.06 bits per heavy atom. The van der Waals surface area contributed by atoms with E-state index < -0.39 is 0 Å². The van der Waals surface area contributed by atoms with Crippen LogP contribution >= 0.6 is 0 Å². The smallest absolute Gasteiger partial charge is 0.220 e. The molecule has 3 heterocycles. The van der Waals surface area contributed by atoms with E-state index in [0.29, 0.717) is 6.42 Å². The van der Waals surface area contributed by atoms with Crippen molar-refractivity contribution in [2.75, 3.05) is 13.1 Å². The Morgan fingerprint density at radius 1 is 1.39 bits per heavy atom. The van der Waals surface area contributed by atoms with Gasteiger partial charge in [0, 0.05) is 13.0 Å². The summed E-state index contributed by atoms with van der Waals surface area (Å²) in [5, 5.41) is 3.23. The number of nitrogens with zero attached hydrogens (tertiary/aromatic N) is 1. The summed E-state index contributed by atoms with van der Waals surface area (Å²) >= 11 is 0. The molecule has 2 saturated heterocycles. The van der Waals surface area contributed by atoms with Gasteiger partial charge >= 0.3 is 0 Å². The van der Waals surface area contributed by atoms with Crippen molar-refractivity contribution in [3.8, 4) is 0 Å². The molecular formula is C14H20N2O2. The monoisotopic (exact) mass is 248 g/mol. The van der Waals surface area contributed by atoms with E-state index in [0.717, 1.165) is 51.1 Å². The minimum absolute atomic E-state index is 0.0280. The molecule has 1 N–H and O–H groups in total. The van der Waals surface area contributed by atoms with Crippen molar-refractivity contribution in [1.29, 1.82) is 0 Å². The summed E-state index contributed by atoms with van der Waals surface area (Å²) in [4.78, 5) is 14.0. The molecule has 0 aliphatic carbocycles. The lowest BCUT2D eigenvalue weighted by Gasteiger charge is -2.45.